The first kappa shape index (κ1) is 18.1. The predicted octanol–water partition coefficient (Wildman–Crippen LogP) is 4.57. The lowest BCUT2D eigenvalue weighted by Gasteiger charge is -2.41. The van der Waals surface area contributed by atoms with E-state index in [4.69, 9.17) is 4.74 Å². The van der Waals surface area contributed by atoms with Crippen molar-refractivity contribution in [3.05, 3.63) is 54.1 Å². The molecule has 0 spiro atoms. The lowest BCUT2D eigenvalue weighted by atomic mass is 9.71. The molecule has 0 N–H and O–H groups in total. The first-order valence-corrected chi connectivity index (χ1v) is 10.1. The third-order valence-electron chi connectivity index (χ3n) is 5.11. The quantitative estimate of drug-likeness (QED) is 0.648. The Kier molecular flexibility index (Phi) is 5.84. The van der Waals surface area contributed by atoms with Crippen LogP contribution in [-0.4, -0.2) is 33.6 Å². The second-order valence-corrected chi connectivity index (χ2v) is 8.11. The maximum Gasteiger partial charge on any atom is 0.356 e. The Morgan fingerprint density at radius 1 is 1.36 bits per heavy atom. The molecule has 1 atom stereocenters. The van der Waals surface area contributed by atoms with Crippen LogP contribution in [0.1, 0.15) is 55.2 Å². The molecule has 25 heavy (non-hydrogen) atoms. The van der Waals surface area contributed by atoms with Crippen LogP contribution in [0.5, 0.6) is 0 Å². The molecule has 1 aromatic carbocycles. The molecule has 0 bridgehead atoms. The van der Waals surface area contributed by atoms with Gasteiger partial charge in [0.15, 0.2) is 0 Å². The number of nitrogens with zero attached hydrogens (tertiary/aromatic N) is 2. The van der Waals surface area contributed by atoms with Crippen molar-refractivity contribution < 1.29 is 9.53 Å². The van der Waals surface area contributed by atoms with Gasteiger partial charge in [-0.2, -0.15) is 11.8 Å². The van der Waals surface area contributed by atoms with Crippen LogP contribution >= 0.6 is 11.8 Å². The van der Waals surface area contributed by atoms with Crippen molar-refractivity contribution in [3.8, 4) is 0 Å². The van der Waals surface area contributed by atoms with Gasteiger partial charge < -0.3 is 9.30 Å². The number of rotatable bonds is 8. The monoisotopic (exact) mass is 358 g/mol. The minimum atomic E-state index is -0.270. The van der Waals surface area contributed by atoms with Gasteiger partial charge in [0.1, 0.15) is 5.69 Å². The van der Waals surface area contributed by atoms with Gasteiger partial charge in [0.25, 0.3) is 0 Å². The highest BCUT2D eigenvalue weighted by atomic mass is 32.2. The van der Waals surface area contributed by atoms with Crippen molar-refractivity contribution in [2.24, 2.45) is 5.41 Å². The number of aromatic nitrogens is 2. The minimum absolute atomic E-state index is 0.0413. The van der Waals surface area contributed by atoms with Crippen LogP contribution in [-0.2, 0) is 4.74 Å². The number of thioether (sulfide) groups is 1. The molecular formula is C20H26N2O2S. The fourth-order valence-corrected chi connectivity index (χ4v) is 4.29. The summed E-state index contributed by atoms with van der Waals surface area (Å²) in [5.74, 6) is 1.92. The van der Waals surface area contributed by atoms with E-state index in [1.165, 1.54) is 6.42 Å². The number of imidazole rings is 1. The first-order chi connectivity index (χ1) is 12.2. The van der Waals surface area contributed by atoms with Gasteiger partial charge in [0, 0.05) is 11.2 Å². The van der Waals surface area contributed by atoms with Gasteiger partial charge in [0.2, 0.25) is 0 Å². The zero-order valence-corrected chi connectivity index (χ0v) is 15.8. The van der Waals surface area contributed by atoms with Crippen LogP contribution in [0.4, 0.5) is 0 Å². The summed E-state index contributed by atoms with van der Waals surface area (Å²) in [4.78, 5) is 16.8. The van der Waals surface area contributed by atoms with Gasteiger partial charge in [-0.25, -0.2) is 9.78 Å². The fraction of sp³-hybridized carbons (Fsp3) is 0.500. The Labute approximate surface area is 154 Å². The number of benzene rings is 1. The Morgan fingerprint density at radius 3 is 2.76 bits per heavy atom. The van der Waals surface area contributed by atoms with E-state index in [0.29, 0.717) is 12.3 Å². The molecule has 5 heteroatoms. The minimum Gasteiger partial charge on any atom is -0.460 e. The average molecular weight is 359 g/mol. The summed E-state index contributed by atoms with van der Waals surface area (Å²) in [5.41, 5.74) is 1.85. The number of carbonyl (C=O) groups excluding carboxylic acids is 1. The summed E-state index contributed by atoms with van der Waals surface area (Å²) in [6.07, 6.45) is 6.88. The topological polar surface area (TPSA) is 44.1 Å². The smallest absolute Gasteiger partial charge is 0.356 e. The second kappa shape index (κ2) is 8.09. The molecule has 0 aliphatic heterocycles. The van der Waals surface area contributed by atoms with Gasteiger partial charge in [-0.05, 0) is 31.1 Å². The zero-order chi connectivity index (χ0) is 17.7. The van der Waals surface area contributed by atoms with Crippen LogP contribution in [0.15, 0.2) is 42.9 Å². The van der Waals surface area contributed by atoms with Crippen molar-refractivity contribution in [1.82, 2.24) is 9.55 Å². The molecule has 0 radical (unpaired) electrons. The number of carbonyl (C=O) groups is 1. The van der Waals surface area contributed by atoms with Gasteiger partial charge in [0.05, 0.1) is 25.2 Å². The predicted molar refractivity (Wildman–Crippen MR) is 102 cm³/mol. The molecule has 1 aliphatic rings. The summed E-state index contributed by atoms with van der Waals surface area (Å²) in [5, 5.41) is 0. The summed E-state index contributed by atoms with van der Waals surface area (Å²) >= 11 is 1.94. The van der Waals surface area contributed by atoms with E-state index in [1.807, 2.05) is 34.5 Å². The molecule has 1 aromatic heterocycles. The molecule has 2 aromatic rings. The average Bonchev–Trinajstić information content (AvgIpc) is 3.10. The van der Waals surface area contributed by atoms with Gasteiger partial charge in [-0.1, -0.05) is 43.7 Å². The summed E-state index contributed by atoms with van der Waals surface area (Å²) in [6, 6.07) is 10.2. The van der Waals surface area contributed by atoms with Crippen LogP contribution in [0.3, 0.4) is 0 Å². The highest BCUT2D eigenvalue weighted by molar-refractivity contribution is 7.99. The van der Waals surface area contributed by atoms with E-state index in [9.17, 15) is 4.79 Å². The number of esters is 1. The van der Waals surface area contributed by atoms with E-state index in [0.717, 1.165) is 29.9 Å². The zero-order valence-electron chi connectivity index (χ0n) is 15.0. The van der Waals surface area contributed by atoms with Gasteiger partial charge >= 0.3 is 5.97 Å². The summed E-state index contributed by atoms with van der Waals surface area (Å²) in [6.45, 7) is 4.76. The molecule has 3 rings (SSSR count). The molecule has 0 amide bonds. The van der Waals surface area contributed by atoms with Gasteiger partial charge in [-0.15, -0.1) is 0 Å². The second-order valence-electron chi connectivity index (χ2n) is 6.84. The summed E-state index contributed by atoms with van der Waals surface area (Å²) < 4.78 is 7.60. The van der Waals surface area contributed by atoms with Crippen LogP contribution in [0, 0.1) is 5.41 Å². The van der Waals surface area contributed by atoms with Crippen molar-refractivity contribution >= 4 is 17.7 Å². The standard InChI is InChI=1S/C20H26N2O2S/c1-3-25-14-20(10-7-11-20)13-24-19(23)18-12-21-15-22(18)16(2)17-8-5-4-6-9-17/h4-6,8-9,12,15-16H,3,7,10-11,13-14H2,1-2H3/t16-/m1/s1. The molecule has 0 unspecified atom stereocenters. The maximum atomic E-state index is 12.6. The first-order valence-electron chi connectivity index (χ1n) is 8.97. The highest BCUT2D eigenvalue weighted by Crippen LogP contribution is 2.43. The summed E-state index contributed by atoms with van der Waals surface area (Å²) in [7, 11) is 0. The Hall–Kier alpha value is -1.75. The van der Waals surface area contributed by atoms with Crippen LogP contribution in [0.25, 0.3) is 0 Å². The number of hydrogen-bond donors (Lipinski definition) is 0. The largest absolute Gasteiger partial charge is 0.460 e. The molecule has 1 aliphatic carbocycles. The van der Waals surface area contributed by atoms with E-state index < -0.39 is 0 Å². The lowest BCUT2D eigenvalue weighted by Crippen LogP contribution is -2.38. The van der Waals surface area contributed by atoms with E-state index in [1.54, 1.807) is 12.5 Å². The Bertz CT molecular complexity index is 695. The van der Waals surface area contributed by atoms with Crippen LogP contribution in [0.2, 0.25) is 0 Å². The normalized spacial score (nSPS) is 16.9. The third kappa shape index (κ3) is 4.09. The molecular weight excluding hydrogens is 332 g/mol. The van der Waals surface area contributed by atoms with Crippen LogP contribution < -0.4 is 0 Å². The fourth-order valence-electron chi connectivity index (χ4n) is 3.28. The number of ether oxygens (including phenoxy) is 1. The molecule has 1 fully saturated rings. The van der Waals surface area contributed by atoms with E-state index in [-0.39, 0.29) is 17.4 Å². The third-order valence-corrected chi connectivity index (χ3v) is 6.34. The Balaban J connectivity index is 1.66. The molecule has 134 valence electrons. The number of hydrogen-bond acceptors (Lipinski definition) is 4. The highest BCUT2D eigenvalue weighted by Gasteiger charge is 2.38. The Morgan fingerprint density at radius 2 is 2.12 bits per heavy atom. The molecule has 1 heterocycles. The lowest BCUT2D eigenvalue weighted by molar-refractivity contribution is 0.0111. The van der Waals surface area contributed by atoms with Crippen molar-refractivity contribution in [2.75, 3.05) is 18.1 Å². The maximum absolute atomic E-state index is 12.6. The van der Waals surface area contributed by atoms with E-state index in [2.05, 4.69) is 31.0 Å². The SMILES string of the molecule is CCSCC1(COC(=O)c2cncn2[C@H](C)c2ccccc2)CCC1. The van der Waals surface area contributed by atoms with Crippen molar-refractivity contribution in [3.63, 3.8) is 0 Å². The van der Waals surface area contributed by atoms with Crippen molar-refractivity contribution in [1.29, 1.82) is 0 Å². The van der Waals surface area contributed by atoms with E-state index >= 15 is 0 Å². The van der Waals surface area contributed by atoms with Crippen molar-refractivity contribution in [2.45, 2.75) is 39.2 Å². The molecule has 4 nitrogen and oxygen atoms in total. The molecule has 0 saturated heterocycles. The molecule has 1 saturated carbocycles. The van der Waals surface area contributed by atoms with Gasteiger partial charge in [-0.3, -0.25) is 0 Å².